The monoisotopic (exact) mass is 243 g/mol. The molecule has 0 aliphatic heterocycles. The molecule has 0 aromatic carbocycles. The Morgan fingerprint density at radius 2 is 2.25 bits per heavy atom. The lowest BCUT2D eigenvalue weighted by atomic mass is 10.6. The second kappa shape index (κ2) is 5.22. The van der Waals surface area contributed by atoms with E-state index in [-0.39, 0.29) is 12.5 Å². The zero-order valence-electron chi connectivity index (χ0n) is 9.84. The van der Waals surface area contributed by atoms with E-state index in [4.69, 9.17) is 4.74 Å². The van der Waals surface area contributed by atoms with E-state index in [1.54, 1.807) is 0 Å². The normalized spacial score (nSPS) is 11.7. The van der Waals surface area contributed by atoms with Gasteiger partial charge in [-0.3, -0.25) is 0 Å². The minimum Gasteiger partial charge on any atom is -0.358 e. The van der Waals surface area contributed by atoms with Crippen molar-refractivity contribution in [3.63, 3.8) is 0 Å². The van der Waals surface area contributed by atoms with Crippen molar-refractivity contribution in [2.24, 2.45) is 0 Å². The molecule has 0 spiro atoms. The van der Waals surface area contributed by atoms with Gasteiger partial charge >= 0.3 is 5.82 Å². The minimum absolute atomic E-state index is 0.0343. The molecule has 0 saturated heterocycles. The molecule has 0 aliphatic carbocycles. The third kappa shape index (κ3) is 4.11. The average Bonchev–Trinajstić information content (AvgIpc) is 2.58. The predicted molar refractivity (Wildman–Crippen MR) is 63.0 cm³/mol. The Labute approximate surface area is 95.4 Å². The first-order valence-electron chi connectivity index (χ1n) is 5.14. The van der Waals surface area contributed by atoms with Gasteiger partial charge in [-0.1, -0.05) is 24.7 Å². The maximum atomic E-state index is 10.6. The van der Waals surface area contributed by atoms with Crippen molar-refractivity contribution in [3.8, 4) is 0 Å². The van der Waals surface area contributed by atoms with Gasteiger partial charge in [-0.25, -0.2) is 0 Å². The fourth-order valence-corrected chi connectivity index (χ4v) is 1.87. The molecule has 6 nitrogen and oxygen atoms in total. The lowest BCUT2D eigenvalue weighted by Gasteiger charge is -2.14. The zero-order chi connectivity index (χ0) is 12.2. The summed E-state index contributed by atoms with van der Waals surface area (Å²) in [5.41, 5.74) is 0. The van der Waals surface area contributed by atoms with Crippen molar-refractivity contribution in [1.29, 1.82) is 0 Å². The van der Waals surface area contributed by atoms with E-state index in [1.165, 1.54) is 16.9 Å². The maximum absolute atomic E-state index is 10.6. The summed E-state index contributed by atoms with van der Waals surface area (Å²) in [6.07, 6.45) is 1.40. The van der Waals surface area contributed by atoms with E-state index in [1.807, 2.05) is 0 Å². The molecule has 0 N–H and O–H groups in total. The molecule has 0 atom stereocenters. The molecule has 1 aromatic rings. The Morgan fingerprint density at radius 1 is 1.56 bits per heavy atom. The van der Waals surface area contributed by atoms with Crippen LogP contribution in [0.5, 0.6) is 0 Å². The van der Waals surface area contributed by atoms with Crippen molar-refractivity contribution in [3.05, 3.63) is 22.4 Å². The number of hydrogen-bond acceptors (Lipinski definition) is 4. The fraction of sp³-hybridized carbons (Fsp3) is 0.667. The molecule has 1 rings (SSSR count). The van der Waals surface area contributed by atoms with Crippen LogP contribution in [0.15, 0.2) is 12.3 Å². The van der Waals surface area contributed by atoms with Crippen LogP contribution in [0, 0.1) is 10.1 Å². The number of aromatic nitrogens is 2. The lowest BCUT2D eigenvalue weighted by Crippen LogP contribution is -2.22. The van der Waals surface area contributed by atoms with E-state index in [0.29, 0.717) is 6.61 Å². The molecule has 0 amide bonds. The van der Waals surface area contributed by atoms with Crippen LogP contribution in [0.2, 0.25) is 25.7 Å². The Kier molecular flexibility index (Phi) is 4.19. The minimum atomic E-state index is -1.10. The van der Waals surface area contributed by atoms with Gasteiger partial charge in [-0.15, -0.1) is 4.68 Å². The summed E-state index contributed by atoms with van der Waals surface area (Å²) < 4.78 is 6.63. The van der Waals surface area contributed by atoms with Crippen LogP contribution in [0.25, 0.3) is 0 Å². The first kappa shape index (κ1) is 12.9. The first-order chi connectivity index (χ1) is 7.40. The topological polar surface area (TPSA) is 70.2 Å². The zero-order valence-corrected chi connectivity index (χ0v) is 10.8. The number of rotatable bonds is 6. The van der Waals surface area contributed by atoms with Crippen molar-refractivity contribution >= 4 is 13.9 Å². The summed E-state index contributed by atoms with van der Waals surface area (Å²) >= 11 is 0. The van der Waals surface area contributed by atoms with Crippen LogP contribution in [0.4, 0.5) is 5.82 Å². The highest BCUT2D eigenvalue weighted by Gasteiger charge is 2.15. The van der Waals surface area contributed by atoms with Crippen LogP contribution in [0.1, 0.15) is 0 Å². The van der Waals surface area contributed by atoms with Crippen molar-refractivity contribution < 1.29 is 9.66 Å². The number of ether oxygens (including phenoxy) is 1. The molecule has 1 aromatic heterocycles. The highest BCUT2D eigenvalue weighted by molar-refractivity contribution is 6.76. The van der Waals surface area contributed by atoms with Gasteiger partial charge in [0.15, 0.2) is 0 Å². The van der Waals surface area contributed by atoms with Gasteiger partial charge in [0.1, 0.15) is 0 Å². The molecular formula is C9H17N3O3Si. The van der Waals surface area contributed by atoms with Crippen LogP contribution in [-0.4, -0.2) is 29.4 Å². The molecule has 1 heterocycles. The molecular weight excluding hydrogens is 226 g/mol. The van der Waals surface area contributed by atoms with Crippen LogP contribution in [-0.2, 0) is 11.5 Å². The van der Waals surface area contributed by atoms with E-state index >= 15 is 0 Å². The lowest BCUT2D eigenvalue weighted by molar-refractivity contribution is -0.393. The predicted octanol–water partition coefficient (Wildman–Crippen LogP) is 2.10. The van der Waals surface area contributed by atoms with Gasteiger partial charge in [0.05, 0.1) is 12.3 Å². The van der Waals surface area contributed by atoms with Gasteiger partial charge in [0.2, 0.25) is 6.73 Å². The molecule has 0 saturated carbocycles. The summed E-state index contributed by atoms with van der Waals surface area (Å²) in [6.45, 7) is 7.55. The highest BCUT2D eigenvalue weighted by atomic mass is 28.3. The Balaban J connectivity index is 2.38. The summed E-state index contributed by atoms with van der Waals surface area (Å²) in [4.78, 5) is 10.1. The average molecular weight is 243 g/mol. The van der Waals surface area contributed by atoms with Crippen molar-refractivity contribution in [2.45, 2.75) is 32.4 Å². The van der Waals surface area contributed by atoms with Gasteiger partial charge in [0.25, 0.3) is 0 Å². The highest BCUT2D eigenvalue weighted by Crippen LogP contribution is 2.11. The van der Waals surface area contributed by atoms with E-state index in [0.717, 1.165) is 6.04 Å². The summed E-state index contributed by atoms with van der Waals surface area (Å²) in [7, 11) is -1.10. The standard InChI is InChI=1S/C9H17N3O3Si/c1-16(2,3)7-6-15-8-11-9(12(13)14)4-5-10-11/h4-5H,6-8H2,1-3H3. The van der Waals surface area contributed by atoms with Gasteiger partial charge in [-0.05, 0) is 11.0 Å². The van der Waals surface area contributed by atoms with Gasteiger partial charge in [0, 0.05) is 14.7 Å². The van der Waals surface area contributed by atoms with Crippen LogP contribution in [0.3, 0.4) is 0 Å². The fourth-order valence-electron chi connectivity index (χ4n) is 1.11. The SMILES string of the molecule is C[Si](C)(C)CCOCn1nccc1[N+](=O)[O-]. The van der Waals surface area contributed by atoms with E-state index in [9.17, 15) is 10.1 Å². The van der Waals surface area contributed by atoms with Gasteiger partial charge in [-0.2, -0.15) is 0 Å². The maximum Gasteiger partial charge on any atom is 0.347 e. The van der Waals surface area contributed by atoms with Crippen molar-refractivity contribution in [2.75, 3.05) is 6.61 Å². The molecule has 0 unspecified atom stereocenters. The summed E-state index contributed by atoms with van der Waals surface area (Å²) in [5, 5.41) is 14.4. The Hall–Kier alpha value is -1.21. The second-order valence-corrected chi connectivity index (χ2v) is 10.4. The molecule has 0 radical (unpaired) electrons. The quantitative estimate of drug-likeness (QED) is 0.332. The summed E-state index contributed by atoms with van der Waals surface area (Å²) in [6, 6.07) is 2.41. The third-order valence-electron chi connectivity index (χ3n) is 2.09. The largest absolute Gasteiger partial charge is 0.358 e. The Morgan fingerprint density at radius 3 is 2.81 bits per heavy atom. The number of nitrogens with zero attached hydrogens (tertiary/aromatic N) is 3. The Bertz CT molecular complexity index is 359. The van der Waals surface area contributed by atoms with E-state index in [2.05, 4.69) is 24.7 Å². The second-order valence-electron chi connectivity index (χ2n) is 4.79. The first-order valence-corrected chi connectivity index (χ1v) is 8.85. The van der Waals surface area contributed by atoms with Crippen molar-refractivity contribution in [1.82, 2.24) is 9.78 Å². The third-order valence-corrected chi connectivity index (χ3v) is 3.80. The molecule has 90 valence electrons. The molecule has 0 aliphatic rings. The van der Waals surface area contributed by atoms with Crippen LogP contribution < -0.4 is 0 Å². The van der Waals surface area contributed by atoms with Crippen LogP contribution >= 0.6 is 0 Å². The molecule has 16 heavy (non-hydrogen) atoms. The smallest absolute Gasteiger partial charge is 0.347 e. The van der Waals surface area contributed by atoms with E-state index < -0.39 is 13.0 Å². The number of nitro groups is 1. The molecule has 0 bridgehead atoms. The number of hydrogen-bond donors (Lipinski definition) is 0. The molecule has 7 heteroatoms. The molecule has 0 fully saturated rings. The van der Waals surface area contributed by atoms with Gasteiger partial charge < -0.3 is 14.9 Å². The summed E-state index contributed by atoms with van der Waals surface area (Å²) in [5.74, 6) is -0.0343.